The number of aryl methyl sites for hydroxylation is 1. The van der Waals surface area contributed by atoms with E-state index in [1.807, 2.05) is 41.1 Å². The Balaban J connectivity index is 1.11. The Labute approximate surface area is 220 Å². The van der Waals surface area contributed by atoms with Gasteiger partial charge in [-0.15, -0.1) is 0 Å². The van der Waals surface area contributed by atoms with Gasteiger partial charge in [0.05, 0.1) is 11.9 Å². The Morgan fingerprint density at radius 2 is 1.92 bits per heavy atom. The first kappa shape index (κ1) is 24.0. The van der Waals surface area contributed by atoms with E-state index in [0.717, 1.165) is 66.7 Å². The van der Waals surface area contributed by atoms with Crippen LogP contribution in [0.25, 0.3) is 0 Å². The van der Waals surface area contributed by atoms with Crippen LogP contribution in [0.15, 0.2) is 30.5 Å². The minimum absolute atomic E-state index is 0.00777. The van der Waals surface area contributed by atoms with Crippen LogP contribution >= 0.6 is 11.3 Å². The van der Waals surface area contributed by atoms with Gasteiger partial charge in [0.1, 0.15) is 4.88 Å². The molecule has 3 aliphatic heterocycles. The van der Waals surface area contributed by atoms with E-state index in [-0.39, 0.29) is 23.4 Å². The number of rotatable bonds is 3. The predicted molar refractivity (Wildman–Crippen MR) is 144 cm³/mol. The monoisotopic (exact) mass is 519 g/mol. The number of piperidine rings is 1. The van der Waals surface area contributed by atoms with Crippen molar-refractivity contribution < 1.29 is 9.59 Å². The van der Waals surface area contributed by atoms with Gasteiger partial charge >= 0.3 is 6.03 Å². The number of nitrogens with one attached hydrogen (secondary N) is 2. The number of anilines is 2. The number of carbonyl (C=O) groups excluding carboxylic acids is 2. The third-order valence-corrected chi connectivity index (χ3v) is 9.13. The van der Waals surface area contributed by atoms with Gasteiger partial charge in [-0.2, -0.15) is 5.10 Å². The summed E-state index contributed by atoms with van der Waals surface area (Å²) < 4.78 is 0. The second-order valence-electron chi connectivity index (χ2n) is 11.0. The van der Waals surface area contributed by atoms with Crippen molar-refractivity contribution in [2.24, 2.45) is 0 Å². The lowest BCUT2D eigenvalue weighted by Gasteiger charge is -2.38. The average Bonchev–Trinajstić information content (AvgIpc) is 3.48. The Hall–Kier alpha value is -3.40. The van der Waals surface area contributed by atoms with Crippen molar-refractivity contribution in [3.05, 3.63) is 57.9 Å². The normalized spacial score (nSPS) is 19.8. The van der Waals surface area contributed by atoms with E-state index in [4.69, 9.17) is 4.98 Å². The average molecular weight is 520 g/mol. The number of hydrogen-bond acceptors (Lipinski definition) is 6. The van der Waals surface area contributed by atoms with Gasteiger partial charge in [-0.25, -0.2) is 9.78 Å². The van der Waals surface area contributed by atoms with Crippen LogP contribution in [-0.2, 0) is 18.4 Å². The van der Waals surface area contributed by atoms with Crippen LogP contribution in [0, 0.1) is 6.92 Å². The highest BCUT2D eigenvalue weighted by Crippen LogP contribution is 2.35. The van der Waals surface area contributed by atoms with Crippen LogP contribution in [0.4, 0.5) is 15.6 Å². The van der Waals surface area contributed by atoms with Gasteiger partial charge < -0.3 is 20.0 Å². The highest BCUT2D eigenvalue weighted by atomic mass is 32.1. The second kappa shape index (κ2) is 9.16. The lowest BCUT2D eigenvalue weighted by atomic mass is 9.83. The molecule has 0 radical (unpaired) electrons. The molecule has 37 heavy (non-hydrogen) atoms. The van der Waals surface area contributed by atoms with Crippen LogP contribution in [0.1, 0.15) is 58.9 Å². The molecule has 3 aliphatic rings. The van der Waals surface area contributed by atoms with E-state index < -0.39 is 0 Å². The molecule has 194 valence electrons. The number of carbonyl (C=O) groups is 2. The van der Waals surface area contributed by atoms with E-state index in [9.17, 15) is 9.59 Å². The molecule has 0 saturated carbocycles. The second-order valence-corrected chi connectivity index (χ2v) is 12.0. The molecule has 6 rings (SSSR count). The third-order valence-electron chi connectivity index (χ3n) is 7.93. The maximum absolute atomic E-state index is 13.6. The number of thiazole rings is 1. The number of nitrogens with zero attached hydrogens (tertiary/aromatic N) is 5. The number of para-hydroxylation sites is 1. The fraction of sp³-hybridized carbons (Fsp3) is 0.481. The highest BCUT2D eigenvalue weighted by molar-refractivity contribution is 7.17. The molecule has 0 aliphatic carbocycles. The molecule has 0 bridgehead atoms. The highest BCUT2D eigenvalue weighted by Gasteiger charge is 2.37. The number of urea groups is 1. The van der Waals surface area contributed by atoms with Gasteiger partial charge in [-0.3, -0.25) is 9.89 Å². The first-order valence-electron chi connectivity index (χ1n) is 13.0. The SMILES string of the molecule is Cc1nc(N2CCC(N3CCc4ccccc4NC3=O)CC2)sc1C(=O)N1Cc2cn[nH]c2C(C)(C)C1. The predicted octanol–water partition coefficient (Wildman–Crippen LogP) is 4.17. The van der Waals surface area contributed by atoms with Gasteiger partial charge in [0.2, 0.25) is 0 Å². The van der Waals surface area contributed by atoms with Crippen molar-refractivity contribution >= 4 is 34.1 Å². The van der Waals surface area contributed by atoms with E-state index in [1.165, 1.54) is 16.9 Å². The van der Waals surface area contributed by atoms with Crippen molar-refractivity contribution in [3.63, 3.8) is 0 Å². The minimum Gasteiger partial charge on any atom is -0.348 e. The lowest BCUT2D eigenvalue weighted by Crippen LogP contribution is -2.48. The van der Waals surface area contributed by atoms with Crippen molar-refractivity contribution in [2.45, 2.75) is 58.0 Å². The van der Waals surface area contributed by atoms with Crippen LogP contribution in [0.2, 0.25) is 0 Å². The van der Waals surface area contributed by atoms with Crippen molar-refractivity contribution in [3.8, 4) is 0 Å². The summed E-state index contributed by atoms with van der Waals surface area (Å²) in [6, 6.07) is 8.24. The van der Waals surface area contributed by atoms with E-state index >= 15 is 0 Å². The first-order chi connectivity index (χ1) is 17.8. The summed E-state index contributed by atoms with van der Waals surface area (Å²) in [5, 5.41) is 11.3. The summed E-state index contributed by atoms with van der Waals surface area (Å²) >= 11 is 1.49. The topological polar surface area (TPSA) is 97.5 Å². The molecule has 2 aromatic heterocycles. The fourth-order valence-corrected chi connectivity index (χ4v) is 7.03. The van der Waals surface area contributed by atoms with E-state index in [2.05, 4.69) is 40.3 Å². The maximum atomic E-state index is 13.6. The molecule has 0 unspecified atom stereocenters. The Bertz CT molecular complexity index is 1340. The van der Waals surface area contributed by atoms with Gasteiger partial charge in [0, 0.05) is 61.1 Å². The standard InChI is InChI=1S/C27H33N7O2S/c1-17-22(24(35)33-15-19-14-28-31-23(19)27(2,3)16-33)37-26(29-17)32-11-9-20(10-12-32)34-13-8-18-6-4-5-7-21(18)30-25(34)36/h4-7,14,20H,8-13,15-16H2,1-3H3,(H,28,31)(H,30,36). The van der Waals surface area contributed by atoms with Crippen molar-refractivity contribution in [2.75, 3.05) is 36.4 Å². The molecular formula is C27H33N7O2S. The lowest BCUT2D eigenvalue weighted by molar-refractivity contribution is 0.0688. The Morgan fingerprint density at radius 3 is 2.73 bits per heavy atom. The number of aromatic nitrogens is 3. The molecule has 2 N–H and O–H groups in total. The summed E-state index contributed by atoms with van der Waals surface area (Å²) in [5.74, 6) is 0.0388. The molecule has 1 saturated heterocycles. The molecular weight excluding hydrogens is 486 g/mol. The third kappa shape index (κ3) is 4.37. The van der Waals surface area contributed by atoms with Gasteiger partial charge in [0.25, 0.3) is 5.91 Å². The van der Waals surface area contributed by atoms with Gasteiger partial charge in [0.15, 0.2) is 5.13 Å². The van der Waals surface area contributed by atoms with E-state index in [1.54, 1.807) is 0 Å². The number of H-pyrrole nitrogens is 1. The largest absolute Gasteiger partial charge is 0.348 e. The zero-order valence-corrected chi connectivity index (χ0v) is 22.4. The molecule has 1 aromatic carbocycles. The van der Waals surface area contributed by atoms with Crippen molar-refractivity contribution in [1.82, 2.24) is 25.0 Å². The quantitative estimate of drug-likeness (QED) is 0.541. The minimum atomic E-state index is -0.177. The zero-order chi connectivity index (χ0) is 25.7. The molecule has 0 atom stereocenters. The van der Waals surface area contributed by atoms with Crippen LogP contribution in [0.3, 0.4) is 0 Å². The summed E-state index contributed by atoms with van der Waals surface area (Å²) in [6.45, 7) is 9.78. The summed E-state index contributed by atoms with van der Waals surface area (Å²) in [4.78, 5) is 38.2. The molecule has 3 aromatic rings. The number of amides is 3. The Kier molecular flexibility index (Phi) is 5.94. The number of aromatic amines is 1. The Morgan fingerprint density at radius 1 is 1.14 bits per heavy atom. The van der Waals surface area contributed by atoms with Crippen LogP contribution in [0.5, 0.6) is 0 Å². The van der Waals surface area contributed by atoms with Crippen LogP contribution in [-0.4, -0.2) is 69.1 Å². The first-order valence-corrected chi connectivity index (χ1v) is 13.8. The van der Waals surface area contributed by atoms with Crippen LogP contribution < -0.4 is 10.2 Å². The van der Waals surface area contributed by atoms with E-state index in [0.29, 0.717) is 18.0 Å². The molecule has 1 fully saturated rings. The smallest absolute Gasteiger partial charge is 0.322 e. The number of benzene rings is 1. The molecule has 5 heterocycles. The summed E-state index contributed by atoms with van der Waals surface area (Å²) in [6.07, 6.45) is 4.46. The zero-order valence-electron chi connectivity index (χ0n) is 21.6. The van der Waals surface area contributed by atoms with Gasteiger partial charge in [-0.05, 0) is 37.8 Å². The molecule has 10 heteroatoms. The fourth-order valence-electron chi connectivity index (χ4n) is 5.94. The summed E-state index contributed by atoms with van der Waals surface area (Å²) in [7, 11) is 0. The number of fused-ring (bicyclic) bond motifs is 2. The molecule has 0 spiro atoms. The van der Waals surface area contributed by atoms with Crippen molar-refractivity contribution in [1.29, 1.82) is 0 Å². The number of hydrogen-bond donors (Lipinski definition) is 2. The molecule has 9 nitrogen and oxygen atoms in total. The molecule has 3 amide bonds. The maximum Gasteiger partial charge on any atom is 0.322 e. The van der Waals surface area contributed by atoms with Gasteiger partial charge in [-0.1, -0.05) is 43.4 Å². The summed E-state index contributed by atoms with van der Waals surface area (Å²) in [5.41, 5.74) is 4.91.